The van der Waals surface area contributed by atoms with Crippen LogP contribution in [0.3, 0.4) is 0 Å². The summed E-state index contributed by atoms with van der Waals surface area (Å²) in [5, 5.41) is 0. The van der Waals surface area contributed by atoms with Crippen LogP contribution in [-0.2, 0) is 27.9 Å². The van der Waals surface area contributed by atoms with Crippen molar-refractivity contribution in [3.05, 3.63) is 109 Å². The van der Waals surface area contributed by atoms with Crippen LogP contribution < -0.4 is 5.73 Å². The minimum Gasteiger partial charge on any atom is -0.457 e. The number of hydrogen-bond donors (Lipinski definition) is 2. The van der Waals surface area contributed by atoms with Crippen LogP contribution in [0.4, 0.5) is 0 Å². The largest absolute Gasteiger partial charge is 0.472 e. The molecule has 0 aliphatic heterocycles. The molecule has 0 radical (unpaired) electrons. The molecular formula is C47H78NO7P. The van der Waals surface area contributed by atoms with Crippen LogP contribution in [-0.4, -0.2) is 49.9 Å². The maximum atomic E-state index is 12.6. The van der Waals surface area contributed by atoms with E-state index in [-0.39, 0.29) is 38.8 Å². The van der Waals surface area contributed by atoms with Gasteiger partial charge in [0.2, 0.25) is 0 Å². The first-order chi connectivity index (χ1) is 27.4. The van der Waals surface area contributed by atoms with Crippen LogP contribution in [0.1, 0.15) is 142 Å². The highest BCUT2D eigenvalue weighted by molar-refractivity contribution is 7.47. The molecule has 0 aromatic rings. The van der Waals surface area contributed by atoms with Gasteiger partial charge in [-0.1, -0.05) is 162 Å². The number of unbranched alkanes of at least 4 members (excludes halogenated alkanes) is 8. The SMILES string of the molecule is CC/C=C\C/C=C\C/C=C\C/C=C\C/C=C\CCOCC(COP(=O)(O)OCCN)OC(=O)CCCCCCCCCC/C=C\C/C=C\C/C=C\C/C=C\CC. The maximum Gasteiger partial charge on any atom is 0.472 e. The van der Waals surface area contributed by atoms with Crippen molar-refractivity contribution in [1.82, 2.24) is 0 Å². The van der Waals surface area contributed by atoms with Gasteiger partial charge in [-0.05, 0) is 83.5 Å². The molecule has 56 heavy (non-hydrogen) atoms. The van der Waals surface area contributed by atoms with Gasteiger partial charge in [0.1, 0.15) is 6.10 Å². The number of ether oxygens (including phenoxy) is 2. The molecule has 0 heterocycles. The molecule has 0 bridgehead atoms. The lowest BCUT2D eigenvalue weighted by molar-refractivity contribution is -0.154. The van der Waals surface area contributed by atoms with Crippen LogP contribution >= 0.6 is 7.82 Å². The molecule has 0 saturated carbocycles. The second-order valence-electron chi connectivity index (χ2n) is 13.4. The summed E-state index contributed by atoms with van der Waals surface area (Å²) in [5.74, 6) is -0.369. The summed E-state index contributed by atoms with van der Waals surface area (Å²) < 4.78 is 33.3. The quantitative estimate of drug-likeness (QED) is 0.0273. The van der Waals surface area contributed by atoms with Gasteiger partial charge < -0.3 is 20.1 Å². The third-order valence-corrected chi connectivity index (χ3v) is 9.19. The zero-order chi connectivity index (χ0) is 40.9. The second kappa shape index (κ2) is 43.3. The summed E-state index contributed by atoms with van der Waals surface area (Å²) in [7, 11) is -4.31. The highest BCUT2D eigenvalue weighted by Crippen LogP contribution is 2.43. The van der Waals surface area contributed by atoms with E-state index in [1.807, 2.05) is 6.08 Å². The third kappa shape index (κ3) is 42.3. The van der Waals surface area contributed by atoms with Crippen molar-refractivity contribution in [2.75, 3.05) is 33.0 Å². The smallest absolute Gasteiger partial charge is 0.457 e. The molecule has 0 aromatic heterocycles. The molecule has 0 spiro atoms. The standard InChI is InChI=1S/C47H78NO7P/c1-3-5-7-9-11-13-15-17-19-21-22-23-24-25-26-28-30-32-34-36-38-40-47(49)55-46(45-54-56(50,51)53-43-41-48)44-52-42-39-37-35-33-31-29-27-20-18-16-14-12-10-8-6-4-2/h5-8,11-14,17-20,22-23,29,31,35,37,46H,3-4,9-10,15-16,21,24-28,30,32-34,36,38-45,48H2,1-2H3,(H,50,51)/b7-5-,8-6-,13-11-,14-12-,19-17-,20-18-,23-22-,31-29-,37-35-. The Hall–Kier alpha value is -2.84. The maximum absolute atomic E-state index is 12.6. The van der Waals surface area contributed by atoms with Crippen molar-refractivity contribution in [1.29, 1.82) is 0 Å². The zero-order valence-electron chi connectivity index (χ0n) is 35.1. The first kappa shape index (κ1) is 53.2. The lowest BCUT2D eigenvalue weighted by atomic mass is 10.1. The number of carbonyl (C=O) groups excluding carboxylic acids is 1. The number of nitrogens with two attached hydrogens (primary N) is 1. The van der Waals surface area contributed by atoms with E-state index in [9.17, 15) is 14.3 Å². The second-order valence-corrected chi connectivity index (χ2v) is 14.9. The van der Waals surface area contributed by atoms with Crippen molar-refractivity contribution in [3.63, 3.8) is 0 Å². The number of hydrogen-bond acceptors (Lipinski definition) is 7. The van der Waals surface area contributed by atoms with Crippen LogP contribution in [0.15, 0.2) is 109 Å². The average Bonchev–Trinajstić information content (AvgIpc) is 3.19. The van der Waals surface area contributed by atoms with E-state index < -0.39 is 13.9 Å². The molecule has 318 valence electrons. The Morgan fingerprint density at radius 1 is 0.536 bits per heavy atom. The molecular weight excluding hydrogens is 721 g/mol. The Balaban J connectivity index is 4.17. The summed E-state index contributed by atoms with van der Waals surface area (Å²) in [6.45, 7) is 4.42. The van der Waals surface area contributed by atoms with Gasteiger partial charge in [-0.25, -0.2) is 4.57 Å². The lowest BCUT2D eigenvalue weighted by Crippen LogP contribution is -2.28. The van der Waals surface area contributed by atoms with Crippen LogP contribution in [0.25, 0.3) is 0 Å². The molecule has 0 aliphatic rings. The number of carbonyl (C=O) groups is 1. The van der Waals surface area contributed by atoms with Gasteiger partial charge >= 0.3 is 13.8 Å². The number of phosphoric acid groups is 1. The monoisotopic (exact) mass is 800 g/mol. The fourth-order valence-electron chi connectivity index (χ4n) is 5.17. The molecule has 0 aliphatic carbocycles. The van der Waals surface area contributed by atoms with Crippen molar-refractivity contribution in [2.24, 2.45) is 5.73 Å². The normalized spacial score (nSPS) is 14.6. The van der Waals surface area contributed by atoms with Crippen LogP contribution in [0.5, 0.6) is 0 Å². The fourth-order valence-corrected chi connectivity index (χ4v) is 5.93. The Morgan fingerprint density at radius 3 is 1.41 bits per heavy atom. The van der Waals surface area contributed by atoms with Gasteiger partial charge in [-0.2, -0.15) is 0 Å². The minimum atomic E-state index is -4.31. The minimum absolute atomic E-state index is 0.0512. The Morgan fingerprint density at radius 2 is 0.946 bits per heavy atom. The average molecular weight is 800 g/mol. The first-order valence-electron chi connectivity index (χ1n) is 21.4. The Labute approximate surface area is 342 Å². The van der Waals surface area contributed by atoms with Crippen LogP contribution in [0, 0.1) is 0 Å². The molecule has 9 heteroatoms. The molecule has 0 amide bonds. The molecule has 0 fully saturated rings. The molecule has 2 unspecified atom stereocenters. The van der Waals surface area contributed by atoms with E-state index in [0.717, 1.165) is 89.9 Å². The molecule has 0 saturated heterocycles. The highest BCUT2D eigenvalue weighted by Gasteiger charge is 2.25. The van der Waals surface area contributed by atoms with Gasteiger partial charge in [-0.3, -0.25) is 13.8 Å². The Kier molecular flexibility index (Phi) is 41.1. The summed E-state index contributed by atoms with van der Waals surface area (Å²) in [6, 6.07) is 0. The first-order valence-corrected chi connectivity index (χ1v) is 22.9. The third-order valence-electron chi connectivity index (χ3n) is 8.20. The number of rotatable bonds is 39. The molecule has 8 nitrogen and oxygen atoms in total. The van der Waals surface area contributed by atoms with E-state index in [0.29, 0.717) is 13.0 Å². The molecule has 3 N–H and O–H groups in total. The van der Waals surface area contributed by atoms with Crippen molar-refractivity contribution >= 4 is 13.8 Å². The summed E-state index contributed by atoms with van der Waals surface area (Å²) in [6.07, 6.45) is 58.4. The molecule has 0 aromatic carbocycles. The van der Waals surface area contributed by atoms with E-state index in [1.165, 1.54) is 25.7 Å². The van der Waals surface area contributed by atoms with E-state index in [4.69, 9.17) is 24.3 Å². The summed E-state index contributed by atoms with van der Waals surface area (Å²) >= 11 is 0. The van der Waals surface area contributed by atoms with Gasteiger partial charge in [0.25, 0.3) is 0 Å². The van der Waals surface area contributed by atoms with Crippen molar-refractivity contribution < 1.29 is 32.8 Å². The number of allylic oxidation sites excluding steroid dienone is 17. The van der Waals surface area contributed by atoms with E-state index in [2.05, 4.69) is 117 Å². The van der Waals surface area contributed by atoms with E-state index in [1.54, 1.807) is 0 Å². The van der Waals surface area contributed by atoms with Gasteiger partial charge in [0.15, 0.2) is 0 Å². The van der Waals surface area contributed by atoms with E-state index >= 15 is 0 Å². The van der Waals surface area contributed by atoms with Gasteiger partial charge in [-0.15, -0.1) is 0 Å². The van der Waals surface area contributed by atoms with Crippen molar-refractivity contribution in [2.45, 2.75) is 148 Å². The van der Waals surface area contributed by atoms with Crippen molar-refractivity contribution in [3.8, 4) is 0 Å². The number of phosphoric ester groups is 1. The Bertz CT molecular complexity index is 1210. The van der Waals surface area contributed by atoms with Gasteiger partial charge in [0, 0.05) is 13.0 Å². The predicted octanol–water partition coefficient (Wildman–Crippen LogP) is 12.9. The number of esters is 1. The molecule has 0 rings (SSSR count). The summed E-state index contributed by atoms with van der Waals surface area (Å²) in [5.41, 5.74) is 5.36. The molecule has 2 atom stereocenters. The predicted molar refractivity (Wildman–Crippen MR) is 237 cm³/mol. The zero-order valence-corrected chi connectivity index (χ0v) is 36.0. The highest BCUT2D eigenvalue weighted by atomic mass is 31.2. The lowest BCUT2D eigenvalue weighted by Gasteiger charge is -2.19. The summed E-state index contributed by atoms with van der Waals surface area (Å²) in [4.78, 5) is 22.5. The van der Waals surface area contributed by atoms with Gasteiger partial charge in [0.05, 0.1) is 26.4 Å². The topological polar surface area (TPSA) is 117 Å². The fraction of sp³-hybridized carbons (Fsp3) is 0.596. The van der Waals surface area contributed by atoms with Crippen LogP contribution in [0.2, 0.25) is 0 Å².